The lowest BCUT2D eigenvalue weighted by molar-refractivity contribution is -0.144. The van der Waals surface area contributed by atoms with Crippen LogP contribution in [0.5, 0.6) is 5.75 Å². The molecule has 0 saturated carbocycles. The van der Waals surface area contributed by atoms with E-state index < -0.39 is 11.4 Å². The number of carboxylic acids is 1. The molecule has 1 N–H and O–H groups in total. The van der Waals surface area contributed by atoms with Crippen LogP contribution in [0.1, 0.15) is 109 Å². The molecular formula is C29H44O3. The Hall–Kier alpha value is -2.03. The van der Waals surface area contributed by atoms with E-state index in [-0.39, 0.29) is 5.92 Å². The van der Waals surface area contributed by atoms with Crippen LogP contribution in [0, 0.1) is 5.41 Å². The van der Waals surface area contributed by atoms with Crippen molar-refractivity contribution in [2.24, 2.45) is 5.41 Å². The highest BCUT2D eigenvalue weighted by Gasteiger charge is 2.34. The van der Waals surface area contributed by atoms with Gasteiger partial charge in [0, 0.05) is 5.92 Å². The number of aliphatic carboxylic acids is 1. The van der Waals surface area contributed by atoms with E-state index >= 15 is 0 Å². The van der Waals surface area contributed by atoms with Crippen LogP contribution in [-0.4, -0.2) is 17.7 Å². The van der Waals surface area contributed by atoms with Gasteiger partial charge in [0.15, 0.2) is 0 Å². The van der Waals surface area contributed by atoms with Crippen LogP contribution in [0.2, 0.25) is 0 Å². The average Bonchev–Trinajstić information content (AvgIpc) is 2.81. The topological polar surface area (TPSA) is 46.5 Å². The Morgan fingerprint density at radius 3 is 1.91 bits per heavy atom. The van der Waals surface area contributed by atoms with Gasteiger partial charge >= 0.3 is 5.97 Å². The number of unbranched alkanes of at least 4 members (excludes halogenated alkanes) is 10. The summed E-state index contributed by atoms with van der Waals surface area (Å²) in [6.45, 7) is 5.20. The van der Waals surface area contributed by atoms with Crippen molar-refractivity contribution >= 4 is 5.97 Å². The molecule has 0 saturated heterocycles. The summed E-state index contributed by atoms with van der Waals surface area (Å²) in [7, 11) is 0. The van der Waals surface area contributed by atoms with Crippen LogP contribution in [0.3, 0.4) is 0 Å². The summed E-state index contributed by atoms with van der Waals surface area (Å²) < 4.78 is 5.91. The molecular weight excluding hydrogens is 396 g/mol. The molecule has 32 heavy (non-hydrogen) atoms. The summed E-state index contributed by atoms with van der Waals surface area (Å²) in [6.07, 6.45) is 23.4. The minimum absolute atomic E-state index is 0.125. The fraction of sp³-hybridized carbons (Fsp3) is 0.621. The molecule has 0 spiro atoms. The van der Waals surface area contributed by atoms with Crippen LogP contribution in [0.15, 0.2) is 48.6 Å². The lowest BCUT2D eigenvalue weighted by Gasteiger charge is -2.27. The van der Waals surface area contributed by atoms with Gasteiger partial charge in [0.1, 0.15) is 11.2 Å². The van der Waals surface area contributed by atoms with Gasteiger partial charge < -0.3 is 9.84 Å². The Bertz CT molecular complexity index is 688. The summed E-state index contributed by atoms with van der Waals surface area (Å²) in [5.74, 6) is 0.292. The standard InChI is InChI=1S/C29H44O3/c1-3-5-7-9-10-11-12-14-24-32-27-17-15-25(16-18-27)26-19-22-29(23-20-26,28(30)31)21-13-8-6-4-2/h15-20,22-23,26H,3-14,21,24H2,1-2H3,(H,30,31). The van der Waals surface area contributed by atoms with Crippen molar-refractivity contribution in [2.45, 2.75) is 103 Å². The minimum Gasteiger partial charge on any atom is -0.494 e. The Labute approximate surface area is 196 Å². The van der Waals surface area contributed by atoms with Gasteiger partial charge in [-0.3, -0.25) is 4.79 Å². The van der Waals surface area contributed by atoms with Crippen molar-refractivity contribution in [1.29, 1.82) is 0 Å². The predicted octanol–water partition coefficient (Wildman–Crippen LogP) is 8.46. The van der Waals surface area contributed by atoms with Gasteiger partial charge in [-0.15, -0.1) is 0 Å². The largest absolute Gasteiger partial charge is 0.494 e. The third-order valence-electron chi connectivity index (χ3n) is 6.58. The Morgan fingerprint density at radius 2 is 1.34 bits per heavy atom. The summed E-state index contributed by atoms with van der Waals surface area (Å²) in [4.78, 5) is 11.9. The number of benzene rings is 1. The number of carbonyl (C=O) groups is 1. The Morgan fingerprint density at radius 1 is 0.812 bits per heavy atom. The number of rotatable bonds is 17. The Kier molecular flexibility index (Phi) is 12.2. The number of ether oxygens (including phenoxy) is 1. The van der Waals surface area contributed by atoms with Crippen molar-refractivity contribution in [3.8, 4) is 5.75 Å². The molecule has 1 aromatic carbocycles. The molecule has 0 atom stereocenters. The minimum atomic E-state index is -0.844. The number of allylic oxidation sites excluding steroid dienone is 2. The van der Waals surface area contributed by atoms with Gasteiger partial charge in [0.2, 0.25) is 0 Å². The van der Waals surface area contributed by atoms with E-state index in [1.807, 2.05) is 36.4 Å². The highest BCUT2D eigenvalue weighted by molar-refractivity contribution is 5.80. The highest BCUT2D eigenvalue weighted by atomic mass is 16.5. The molecule has 0 radical (unpaired) electrons. The van der Waals surface area contributed by atoms with E-state index in [4.69, 9.17) is 4.74 Å². The zero-order valence-corrected chi connectivity index (χ0v) is 20.4. The molecule has 0 aromatic heterocycles. The normalized spacial score (nSPS) is 19.9. The lowest BCUT2D eigenvalue weighted by atomic mass is 9.76. The second-order valence-corrected chi connectivity index (χ2v) is 9.29. The lowest BCUT2D eigenvalue weighted by Crippen LogP contribution is -2.28. The van der Waals surface area contributed by atoms with Crippen molar-refractivity contribution in [3.63, 3.8) is 0 Å². The number of hydrogen-bond donors (Lipinski definition) is 1. The van der Waals surface area contributed by atoms with Crippen LogP contribution in [-0.2, 0) is 4.79 Å². The van der Waals surface area contributed by atoms with Crippen molar-refractivity contribution in [1.82, 2.24) is 0 Å². The van der Waals surface area contributed by atoms with E-state index in [0.717, 1.165) is 38.0 Å². The van der Waals surface area contributed by atoms with Gasteiger partial charge in [-0.25, -0.2) is 0 Å². The van der Waals surface area contributed by atoms with E-state index in [0.29, 0.717) is 6.42 Å². The molecule has 1 aromatic rings. The van der Waals surface area contributed by atoms with E-state index in [2.05, 4.69) is 26.0 Å². The number of carboxylic acid groups (broad SMARTS) is 1. The first-order valence-electron chi connectivity index (χ1n) is 13.0. The van der Waals surface area contributed by atoms with Crippen LogP contribution >= 0.6 is 0 Å². The van der Waals surface area contributed by atoms with Gasteiger partial charge in [0.25, 0.3) is 0 Å². The van der Waals surface area contributed by atoms with Crippen LogP contribution in [0.4, 0.5) is 0 Å². The first kappa shape index (κ1) is 26.2. The molecule has 3 heteroatoms. The maximum Gasteiger partial charge on any atom is 0.317 e. The van der Waals surface area contributed by atoms with E-state index in [1.54, 1.807) is 0 Å². The zero-order valence-electron chi connectivity index (χ0n) is 20.4. The third kappa shape index (κ3) is 8.84. The molecule has 2 rings (SSSR count). The van der Waals surface area contributed by atoms with Crippen molar-refractivity contribution in [2.75, 3.05) is 6.61 Å². The number of hydrogen-bond acceptors (Lipinski definition) is 2. The summed E-state index contributed by atoms with van der Waals surface area (Å²) in [5, 5.41) is 9.80. The fourth-order valence-electron chi connectivity index (χ4n) is 4.37. The first-order chi connectivity index (χ1) is 15.6. The molecule has 0 heterocycles. The third-order valence-corrected chi connectivity index (χ3v) is 6.58. The van der Waals surface area contributed by atoms with Crippen LogP contribution < -0.4 is 4.74 Å². The maximum absolute atomic E-state index is 11.9. The molecule has 0 aliphatic heterocycles. The molecule has 1 aliphatic rings. The summed E-state index contributed by atoms with van der Waals surface area (Å²) >= 11 is 0. The molecule has 0 amide bonds. The molecule has 0 unspecified atom stereocenters. The van der Waals surface area contributed by atoms with Gasteiger partial charge in [-0.2, -0.15) is 0 Å². The van der Waals surface area contributed by atoms with Crippen LogP contribution in [0.25, 0.3) is 0 Å². The molecule has 0 bridgehead atoms. The van der Waals surface area contributed by atoms with Gasteiger partial charge in [-0.05, 0) is 30.5 Å². The molecule has 1 aliphatic carbocycles. The van der Waals surface area contributed by atoms with E-state index in [9.17, 15) is 9.90 Å². The van der Waals surface area contributed by atoms with Crippen molar-refractivity contribution in [3.05, 3.63) is 54.1 Å². The monoisotopic (exact) mass is 440 g/mol. The smallest absolute Gasteiger partial charge is 0.317 e. The Balaban J connectivity index is 1.74. The molecule has 178 valence electrons. The highest BCUT2D eigenvalue weighted by Crippen LogP contribution is 2.36. The summed E-state index contributed by atoms with van der Waals surface area (Å²) in [5.41, 5.74) is 0.324. The SMILES string of the molecule is CCCCCCCCCCOc1ccc(C2C=CC(CCCCCC)(C(=O)O)C=C2)cc1. The quantitative estimate of drug-likeness (QED) is 0.195. The molecule has 3 nitrogen and oxygen atoms in total. The summed E-state index contributed by atoms with van der Waals surface area (Å²) in [6, 6.07) is 8.26. The average molecular weight is 441 g/mol. The van der Waals surface area contributed by atoms with Crippen molar-refractivity contribution < 1.29 is 14.6 Å². The van der Waals surface area contributed by atoms with Gasteiger partial charge in [-0.1, -0.05) is 121 Å². The van der Waals surface area contributed by atoms with Gasteiger partial charge in [0.05, 0.1) is 6.61 Å². The second kappa shape index (κ2) is 14.9. The maximum atomic E-state index is 11.9. The predicted molar refractivity (Wildman–Crippen MR) is 134 cm³/mol. The fourth-order valence-corrected chi connectivity index (χ4v) is 4.37. The first-order valence-corrected chi connectivity index (χ1v) is 13.0. The second-order valence-electron chi connectivity index (χ2n) is 9.29. The van der Waals surface area contributed by atoms with E-state index in [1.165, 1.54) is 56.9 Å². The zero-order chi connectivity index (χ0) is 23.1. The molecule has 0 fully saturated rings.